The first-order valence-corrected chi connectivity index (χ1v) is 10.9. The summed E-state index contributed by atoms with van der Waals surface area (Å²) in [5.41, 5.74) is 0.497. The molecule has 0 aliphatic heterocycles. The van der Waals surface area contributed by atoms with Crippen molar-refractivity contribution >= 4 is 24.8 Å². The summed E-state index contributed by atoms with van der Waals surface area (Å²) in [5, 5.41) is 0. The summed E-state index contributed by atoms with van der Waals surface area (Å²) >= 11 is 0. The van der Waals surface area contributed by atoms with Gasteiger partial charge in [0.2, 0.25) is 0 Å². The topological polar surface area (TPSA) is 0 Å². The molecule has 0 aliphatic carbocycles. The molecule has 0 N–H and O–H groups in total. The Balaban J connectivity index is -0.00000242. The molecule has 0 spiro atoms. The van der Waals surface area contributed by atoms with Crippen LogP contribution in [0.25, 0.3) is 0 Å². The van der Waals surface area contributed by atoms with Crippen LogP contribution >= 0.6 is 24.8 Å². The van der Waals surface area contributed by atoms with E-state index in [1.54, 1.807) is 0 Å². The van der Waals surface area contributed by atoms with E-state index < -0.39 is 0 Å². The third-order valence-corrected chi connectivity index (χ3v) is 6.50. The van der Waals surface area contributed by atoms with Gasteiger partial charge in [-0.25, -0.2) is 0 Å². The van der Waals surface area contributed by atoms with Gasteiger partial charge in [0.05, 0.1) is 0 Å². The minimum absolute atomic E-state index is 0. The van der Waals surface area contributed by atoms with E-state index in [1.807, 2.05) is 0 Å². The standard InChI is InChI=1S/C23H48.2ClH/c1-7-8-9-10-11-12-13-14-15-16-17-18-19-20-22(4)23(5,6)21(2)3;;/h21-22H,7-20H2,1-6H3;2*1H. The van der Waals surface area contributed by atoms with Crippen molar-refractivity contribution in [2.75, 3.05) is 0 Å². The van der Waals surface area contributed by atoms with E-state index in [2.05, 4.69) is 41.5 Å². The second-order valence-corrected chi connectivity index (χ2v) is 8.91. The Morgan fingerprint density at radius 2 is 0.880 bits per heavy atom. The maximum Gasteiger partial charge on any atom is -0.0305 e. The highest BCUT2D eigenvalue weighted by atomic mass is 35.5. The SMILES string of the molecule is CCCCCCCCCCCCCCCC(C)C(C)(C)C(C)C.Cl.Cl. The van der Waals surface area contributed by atoms with Crippen LogP contribution in [-0.2, 0) is 0 Å². The average molecular weight is 398 g/mol. The number of hydrogen-bond acceptors (Lipinski definition) is 0. The van der Waals surface area contributed by atoms with E-state index in [1.165, 1.54) is 89.9 Å². The van der Waals surface area contributed by atoms with E-state index in [4.69, 9.17) is 0 Å². The van der Waals surface area contributed by atoms with E-state index in [-0.39, 0.29) is 24.8 Å². The zero-order valence-corrected chi connectivity index (χ0v) is 20.0. The molecule has 156 valence electrons. The van der Waals surface area contributed by atoms with Crippen LogP contribution in [0.1, 0.15) is 131 Å². The van der Waals surface area contributed by atoms with Gasteiger partial charge < -0.3 is 0 Å². The molecule has 0 heterocycles. The first kappa shape index (κ1) is 30.3. The molecule has 0 amide bonds. The lowest BCUT2D eigenvalue weighted by Gasteiger charge is -2.36. The van der Waals surface area contributed by atoms with Crippen molar-refractivity contribution in [3.05, 3.63) is 0 Å². The molecule has 25 heavy (non-hydrogen) atoms. The fraction of sp³-hybridized carbons (Fsp3) is 1.00. The van der Waals surface area contributed by atoms with Crippen LogP contribution in [0.15, 0.2) is 0 Å². The van der Waals surface area contributed by atoms with Crippen LogP contribution in [0.3, 0.4) is 0 Å². The zero-order valence-electron chi connectivity index (χ0n) is 18.4. The van der Waals surface area contributed by atoms with Crippen molar-refractivity contribution in [3.8, 4) is 0 Å². The van der Waals surface area contributed by atoms with Crippen molar-refractivity contribution in [3.63, 3.8) is 0 Å². The molecule has 0 aromatic heterocycles. The molecule has 0 rings (SSSR count). The van der Waals surface area contributed by atoms with Gasteiger partial charge in [-0.2, -0.15) is 0 Å². The van der Waals surface area contributed by atoms with Crippen molar-refractivity contribution < 1.29 is 0 Å². The highest BCUT2D eigenvalue weighted by molar-refractivity contribution is 5.85. The molecule has 0 fully saturated rings. The normalized spacial score (nSPS) is 12.6. The lowest BCUT2D eigenvalue weighted by Crippen LogP contribution is -2.27. The molecule has 0 saturated carbocycles. The Kier molecular flexibility index (Phi) is 23.5. The number of halogens is 2. The van der Waals surface area contributed by atoms with Crippen LogP contribution in [0, 0.1) is 17.3 Å². The molecule has 2 heteroatoms. The summed E-state index contributed by atoms with van der Waals surface area (Å²) in [7, 11) is 0. The summed E-state index contributed by atoms with van der Waals surface area (Å²) in [6, 6.07) is 0. The van der Waals surface area contributed by atoms with Gasteiger partial charge in [0.25, 0.3) is 0 Å². The molecular formula is C23H50Cl2. The molecule has 0 saturated heterocycles. The fourth-order valence-electron chi connectivity index (χ4n) is 3.41. The molecule has 0 aromatic carbocycles. The largest absolute Gasteiger partial charge is 0.147 e. The second kappa shape index (κ2) is 19.3. The zero-order chi connectivity index (χ0) is 17.6. The smallest absolute Gasteiger partial charge is 0.0305 e. The van der Waals surface area contributed by atoms with Crippen LogP contribution in [0.2, 0.25) is 0 Å². The highest BCUT2D eigenvalue weighted by Gasteiger charge is 2.28. The highest BCUT2D eigenvalue weighted by Crippen LogP contribution is 2.37. The molecule has 1 atom stereocenters. The van der Waals surface area contributed by atoms with E-state index >= 15 is 0 Å². The third kappa shape index (κ3) is 16.5. The average Bonchev–Trinajstić information content (AvgIpc) is 2.51. The first-order valence-electron chi connectivity index (χ1n) is 10.9. The lowest BCUT2D eigenvalue weighted by molar-refractivity contribution is 0.140. The summed E-state index contributed by atoms with van der Waals surface area (Å²) < 4.78 is 0. The Labute approximate surface area is 173 Å². The van der Waals surface area contributed by atoms with Crippen LogP contribution in [0.4, 0.5) is 0 Å². The minimum atomic E-state index is 0. The maximum atomic E-state index is 2.46. The van der Waals surface area contributed by atoms with Gasteiger partial charge in [0, 0.05) is 0 Å². The Morgan fingerprint density at radius 3 is 1.20 bits per heavy atom. The van der Waals surface area contributed by atoms with Crippen LogP contribution < -0.4 is 0 Å². The van der Waals surface area contributed by atoms with E-state index in [9.17, 15) is 0 Å². The van der Waals surface area contributed by atoms with Gasteiger partial charge >= 0.3 is 0 Å². The fourth-order valence-corrected chi connectivity index (χ4v) is 3.41. The van der Waals surface area contributed by atoms with E-state index in [0.29, 0.717) is 5.41 Å². The number of unbranched alkanes of at least 4 members (excludes halogenated alkanes) is 12. The van der Waals surface area contributed by atoms with Crippen LogP contribution in [0.5, 0.6) is 0 Å². The predicted molar refractivity (Wildman–Crippen MR) is 123 cm³/mol. The third-order valence-electron chi connectivity index (χ3n) is 6.50. The molecule has 0 aliphatic rings. The summed E-state index contributed by atoms with van der Waals surface area (Å²) in [6.07, 6.45) is 20.4. The number of hydrogen-bond donors (Lipinski definition) is 0. The van der Waals surface area contributed by atoms with Crippen molar-refractivity contribution in [1.29, 1.82) is 0 Å². The quantitative estimate of drug-likeness (QED) is 0.227. The summed E-state index contributed by atoms with van der Waals surface area (Å²) in [4.78, 5) is 0. The Morgan fingerprint density at radius 1 is 0.560 bits per heavy atom. The molecule has 1 unspecified atom stereocenters. The minimum Gasteiger partial charge on any atom is -0.147 e. The van der Waals surface area contributed by atoms with Gasteiger partial charge in [-0.1, -0.05) is 131 Å². The second-order valence-electron chi connectivity index (χ2n) is 8.91. The Hall–Kier alpha value is 0.580. The number of rotatable bonds is 16. The molecule has 0 bridgehead atoms. The van der Waals surface area contributed by atoms with Gasteiger partial charge in [0.1, 0.15) is 0 Å². The van der Waals surface area contributed by atoms with Crippen LogP contribution in [-0.4, -0.2) is 0 Å². The van der Waals surface area contributed by atoms with Crippen molar-refractivity contribution in [1.82, 2.24) is 0 Å². The monoisotopic (exact) mass is 396 g/mol. The Bertz CT molecular complexity index is 248. The summed E-state index contributed by atoms with van der Waals surface area (Å²) in [6.45, 7) is 14.4. The van der Waals surface area contributed by atoms with Crippen molar-refractivity contribution in [2.24, 2.45) is 17.3 Å². The van der Waals surface area contributed by atoms with Gasteiger partial charge in [-0.05, 0) is 17.3 Å². The maximum absolute atomic E-state index is 2.46. The van der Waals surface area contributed by atoms with E-state index in [0.717, 1.165) is 11.8 Å². The first-order chi connectivity index (χ1) is 10.9. The predicted octanol–water partition coefficient (Wildman–Crippen LogP) is 9.63. The molecule has 0 nitrogen and oxygen atoms in total. The summed E-state index contributed by atoms with van der Waals surface area (Å²) in [5.74, 6) is 1.65. The van der Waals surface area contributed by atoms with Crippen molar-refractivity contribution in [2.45, 2.75) is 131 Å². The van der Waals surface area contributed by atoms with Gasteiger partial charge in [-0.15, -0.1) is 24.8 Å². The molecule has 0 radical (unpaired) electrons. The molecule has 0 aromatic rings. The van der Waals surface area contributed by atoms with Gasteiger partial charge in [0.15, 0.2) is 0 Å². The lowest BCUT2D eigenvalue weighted by atomic mass is 9.70. The molecular weight excluding hydrogens is 347 g/mol. The van der Waals surface area contributed by atoms with Gasteiger partial charge in [-0.3, -0.25) is 0 Å².